The lowest BCUT2D eigenvalue weighted by Crippen LogP contribution is -2.42. The van der Waals surface area contributed by atoms with Gasteiger partial charge in [-0.25, -0.2) is 0 Å². The Hall–Kier alpha value is -1.75. The van der Waals surface area contributed by atoms with Crippen LogP contribution in [-0.2, 0) is 11.2 Å². The summed E-state index contributed by atoms with van der Waals surface area (Å²) in [7, 11) is 0. The van der Waals surface area contributed by atoms with Gasteiger partial charge >= 0.3 is 5.97 Å². The molecule has 5 heteroatoms. The van der Waals surface area contributed by atoms with Crippen LogP contribution in [0.1, 0.15) is 25.3 Å². The number of hydrogen-bond donors (Lipinski definition) is 3. The zero-order chi connectivity index (χ0) is 14.7. The third-order valence-electron chi connectivity index (χ3n) is 4.13. The average Bonchev–Trinajstić information content (AvgIpc) is 2.43. The lowest BCUT2D eigenvalue weighted by atomic mass is 9.95. The van der Waals surface area contributed by atoms with Gasteiger partial charge in [-0.1, -0.05) is 6.07 Å². The van der Waals surface area contributed by atoms with Gasteiger partial charge < -0.3 is 20.8 Å². The number of carboxylic acid groups (broad SMARTS) is 1. The number of rotatable bonds is 4. The minimum atomic E-state index is -0.677. The summed E-state index contributed by atoms with van der Waals surface area (Å²) in [6.07, 6.45) is 2.29. The first kappa shape index (κ1) is 14.7. The van der Waals surface area contributed by atoms with Crippen LogP contribution in [0.5, 0.6) is 5.75 Å². The molecule has 20 heavy (non-hydrogen) atoms. The van der Waals surface area contributed by atoms with Gasteiger partial charge in [0.15, 0.2) is 0 Å². The van der Waals surface area contributed by atoms with Crippen LogP contribution in [0.15, 0.2) is 18.2 Å². The molecular weight excluding hydrogens is 256 g/mol. The molecule has 1 aliphatic rings. The van der Waals surface area contributed by atoms with Crippen LogP contribution in [0.4, 0.5) is 5.69 Å². The van der Waals surface area contributed by atoms with Crippen molar-refractivity contribution in [3.8, 4) is 5.75 Å². The first-order chi connectivity index (χ1) is 9.47. The van der Waals surface area contributed by atoms with E-state index in [1.165, 1.54) is 0 Å². The highest BCUT2D eigenvalue weighted by Crippen LogP contribution is 2.24. The average molecular weight is 278 g/mol. The molecule has 1 saturated heterocycles. The normalized spacial score (nSPS) is 18.9. The van der Waals surface area contributed by atoms with Gasteiger partial charge in [0.2, 0.25) is 0 Å². The number of anilines is 1. The van der Waals surface area contributed by atoms with Crippen LogP contribution < -0.4 is 5.73 Å². The van der Waals surface area contributed by atoms with Crippen LogP contribution in [0, 0.1) is 5.92 Å². The Labute approximate surface area is 119 Å². The van der Waals surface area contributed by atoms with Crippen LogP contribution in [0.3, 0.4) is 0 Å². The molecule has 0 saturated carbocycles. The number of piperidine rings is 1. The molecule has 0 spiro atoms. The highest BCUT2D eigenvalue weighted by molar-refractivity contribution is 5.70. The summed E-state index contributed by atoms with van der Waals surface area (Å²) < 4.78 is 0. The highest BCUT2D eigenvalue weighted by atomic mass is 16.4. The summed E-state index contributed by atoms with van der Waals surface area (Å²) in [6.45, 7) is 3.79. The molecule has 1 atom stereocenters. The fourth-order valence-electron chi connectivity index (χ4n) is 2.79. The van der Waals surface area contributed by atoms with E-state index in [2.05, 4.69) is 11.8 Å². The summed E-state index contributed by atoms with van der Waals surface area (Å²) in [5.74, 6) is -0.755. The Morgan fingerprint density at radius 1 is 1.45 bits per heavy atom. The second-order valence-corrected chi connectivity index (χ2v) is 5.59. The number of aromatic hydroxyl groups is 1. The van der Waals surface area contributed by atoms with Crippen LogP contribution >= 0.6 is 0 Å². The van der Waals surface area contributed by atoms with E-state index in [1.807, 2.05) is 6.07 Å². The van der Waals surface area contributed by atoms with Crippen molar-refractivity contribution >= 4 is 11.7 Å². The summed E-state index contributed by atoms with van der Waals surface area (Å²) in [4.78, 5) is 13.3. The van der Waals surface area contributed by atoms with Crippen LogP contribution in [0.25, 0.3) is 0 Å². The zero-order valence-corrected chi connectivity index (χ0v) is 11.7. The van der Waals surface area contributed by atoms with Gasteiger partial charge in [0, 0.05) is 6.04 Å². The maximum absolute atomic E-state index is 10.9. The molecular formula is C15H22N2O3. The van der Waals surface area contributed by atoms with Gasteiger partial charge in [-0.2, -0.15) is 0 Å². The van der Waals surface area contributed by atoms with E-state index < -0.39 is 5.97 Å². The van der Waals surface area contributed by atoms with E-state index in [0.29, 0.717) is 11.7 Å². The van der Waals surface area contributed by atoms with Gasteiger partial charge in [-0.05, 0) is 57.0 Å². The highest BCUT2D eigenvalue weighted by Gasteiger charge is 2.26. The number of nitrogen functional groups attached to an aromatic ring is 1. The van der Waals surface area contributed by atoms with Gasteiger partial charge in [0.25, 0.3) is 0 Å². The molecule has 5 nitrogen and oxygen atoms in total. The summed E-state index contributed by atoms with van der Waals surface area (Å²) in [5.41, 5.74) is 7.19. The van der Waals surface area contributed by atoms with Crippen LogP contribution in [0.2, 0.25) is 0 Å². The number of aliphatic carboxylic acids is 1. The smallest absolute Gasteiger partial charge is 0.306 e. The fourth-order valence-corrected chi connectivity index (χ4v) is 2.79. The number of phenolic OH excluding ortho intramolecular Hbond substituents is 1. The molecule has 0 bridgehead atoms. The number of phenols is 1. The molecule has 4 N–H and O–H groups in total. The molecule has 0 amide bonds. The van der Waals surface area contributed by atoms with E-state index in [9.17, 15) is 9.90 Å². The number of benzene rings is 1. The predicted molar refractivity (Wildman–Crippen MR) is 77.6 cm³/mol. The standard InChI is InChI=1S/C15H22N2O3/c1-10(8-11-2-3-14(18)13(16)9-11)17-6-4-12(5-7-17)15(19)20/h2-3,9-10,12,18H,4-8,16H2,1H3,(H,19,20). The predicted octanol–water partition coefficient (Wildman–Crippen LogP) is 1.70. The Kier molecular flexibility index (Phi) is 4.49. The molecule has 1 heterocycles. The van der Waals surface area contributed by atoms with Crippen molar-refractivity contribution in [2.45, 2.75) is 32.2 Å². The van der Waals surface area contributed by atoms with Crippen molar-refractivity contribution in [3.63, 3.8) is 0 Å². The molecule has 1 fully saturated rings. The van der Waals surface area contributed by atoms with Gasteiger partial charge in [0.05, 0.1) is 11.6 Å². The Morgan fingerprint density at radius 2 is 2.10 bits per heavy atom. The molecule has 0 aliphatic carbocycles. The molecule has 0 radical (unpaired) electrons. The van der Waals surface area contributed by atoms with Gasteiger partial charge in [-0.15, -0.1) is 0 Å². The SMILES string of the molecule is CC(Cc1ccc(O)c(N)c1)N1CCC(C(=O)O)CC1. The minimum Gasteiger partial charge on any atom is -0.506 e. The monoisotopic (exact) mass is 278 g/mol. The number of likely N-dealkylation sites (tertiary alicyclic amines) is 1. The van der Waals surface area contributed by atoms with E-state index in [4.69, 9.17) is 10.8 Å². The lowest BCUT2D eigenvalue weighted by Gasteiger charge is -2.34. The van der Waals surface area contributed by atoms with Crippen molar-refractivity contribution < 1.29 is 15.0 Å². The first-order valence-electron chi connectivity index (χ1n) is 7.01. The fraction of sp³-hybridized carbons (Fsp3) is 0.533. The topological polar surface area (TPSA) is 86.8 Å². The molecule has 2 rings (SSSR count). The lowest BCUT2D eigenvalue weighted by molar-refractivity contribution is -0.143. The number of carbonyl (C=O) groups is 1. The number of nitrogens with zero attached hydrogens (tertiary/aromatic N) is 1. The number of hydrogen-bond acceptors (Lipinski definition) is 4. The van der Waals surface area contributed by atoms with Crippen molar-refractivity contribution in [3.05, 3.63) is 23.8 Å². The molecule has 110 valence electrons. The number of nitrogens with two attached hydrogens (primary N) is 1. The van der Waals surface area contributed by atoms with E-state index in [1.54, 1.807) is 12.1 Å². The third-order valence-corrected chi connectivity index (χ3v) is 4.13. The maximum Gasteiger partial charge on any atom is 0.306 e. The minimum absolute atomic E-state index is 0.115. The Morgan fingerprint density at radius 3 is 2.65 bits per heavy atom. The van der Waals surface area contributed by atoms with Gasteiger partial charge in [0.1, 0.15) is 5.75 Å². The quantitative estimate of drug-likeness (QED) is 0.576. The Balaban J connectivity index is 1.90. The summed E-state index contributed by atoms with van der Waals surface area (Å²) >= 11 is 0. The van der Waals surface area contributed by atoms with Crippen molar-refractivity contribution in [1.82, 2.24) is 4.90 Å². The molecule has 1 aromatic carbocycles. The summed E-state index contributed by atoms with van der Waals surface area (Å²) in [5, 5.41) is 18.4. The maximum atomic E-state index is 10.9. The molecule has 1 aliphatic heterocycles. The first-order valence-corrected chi connectivity index (χ1v) is 7.01. The molecule has 0 aromatic heterocycles. The van der Waals surface area contributed by atoms with Crippen molar-refractivity contribution in [2.24, 2.45) is 5.92 Å². The second kappa shape index (κ2) is 6.13. The van der Waals surface area contributed by atoms with E-state index >= 15 is 0 Å². The van der Waals surface area contributed by atoms with E-state index in [0.717, 1.165) is 37.9 Å². The Bertz CT molecular complexity index is 482. The van der Waals surface area contributed by atoms with Crippen molar-refractivity contribution in [2.75, 3.05) is 18.8 Å². The van der Waals surface area contributed by atoms with E-state index in [-0.39, 0.29) is 11.7 Å². The zero-order valence-electron chi connectivity index (χ0n) is 11.7. The largest absolute Gasteiger partial charge is 0.506 e. The number of carboxylic acids is 1. The van der Waals surface area contributed by atoms with Gasteiger partial charge in [-0.3, -0.25) is 4.79 Å². The molecule has 1 unspecified atom stereocenters. The third kappa shape index (κ3) is 3.42. The molecule has 1 aromatic rings. The summed E-state index contributed by atoms with van der Waals surface area (Å²) in [6, 6.07) is 5.64. The second-order valence-electron chi connectivity index (χ2n) is 5.59. The van der Waals surface area contributed by atoms with Crippen LogP contribution in [-0.4, -0.2) is 40.2 Å². The van der Waals surface area contributed by atoms with Crippen molar-refractivity contribution in [1.29, 1.82) is 0 Å².